The third kappa shape index (κ3) is 7.08. The molecule has 2 saturated carbocycles. The molecule has 0 spiro atoms. The molecule has 1 N–H and O–H groups in total. The number of carbonyl (C=O) groups excluding carboxylic acids is 3. The number of Topliss-reactive ketones (excluding diaryl/α,β-unsaturated/α-hetero) is 1. The van der Waals surface area contributed by atoms with Crippen LogP contribution in [0.15, 0.2) is 60.7 Å². The molecule has 2 amide bonds. The van der Waals surface area contributed by atoms with Crippen molar-refractivity contribution in [3.05, 3.63) is 71.8 Å². The zero-order valence-electron chi connectivity index (χ0n) is 27.3. The van der Waals surface area contributed by atoms with E-state index in [1.54, 1.807) is 4.90 Å². The maximum Gasteiger partial charge on any atom is 0.274 e. The number of aryl methyl sites for hydroxylation is 1. The highest BCUT2D eigenvalue weighted by atomic mass is 32.2. The molecule has 0 radical (unpaired) electrons. The van der Waals surface area contributed by atoms with Gasteiger partial charge in [0.15, 0.2) is 5.78 Å². The Kier molecular flexibility index (Phi) is 9.19. The van der Waals surface area contributed by atoms with E-state index in [1.807, 2.05) is 49.4 Å². The molecule has 2 aromatic carbocycles. The molecule has 0 unspecified atom stereocenters. The number of sulfonamides is 1. The van der Waals surface area contributed by atoms with Crippen LogP contribution in [0.25, 0.3) is 10.2 Å². The maximum absolute atomic E-state index is 14.5. The summed E-state index contributed by atoms with van der Waals surface area (Å²) in [5.41, 5.74) is 1.91. The van der Waals surface area contributed by atoms with E-state index < -0.39 is 38.7 Å². The molecule has 1 saturated heterocycles. The van der Waals surface area contributed by atoms with Gasteiger partial charge in [-0.25, -0.2) is 13.4 Å². The van der Waals surface area contributed by atoms with Crippen LogP contribution in [-0.2, 0) is 30.8 Å². The average molecular weight is 690 g/mol. The van der Waals surface area contributed by atoms with Gasteiger partial charge in [-0.3, -0.25) is 19.1 Å². The van der Waals surface area contributed by atoms with Crippen LogP contribution in [0.4, 0.5) is 0 Å². The Morgan fingerprint density at radius 2 is 1.92 bits per heavy atom. The van der Waals surface area contributed by atoms with Crippen molar-refractivity contribution >= 4 is 49.2 Å². The zero-order chi connectivity index (χ0) is 33.5. The minimum Gasteiger partial charge on any atom is -0.465 e. The molecule has 2 aliphatic carbocycles. The van der Waals surface area contributed by atoms with Gasteiger partial charge in [-0.05, 0) is 75.5 Å². The zero-order valence-corrected chi connectivity index (χ0v) is 28.9. The number of rotatable bonds is 7. The average Bonchev–Trinajstić information content (AvgIpc) is 3.94. The number of aromatic nitrogens is 1. The topological polar surface area (TPSA) is 123 Å². The Balaban J connectivity index is 1.18. The maximum atomic E-state index is 14.5. The van der Waals surface area contributed by atoms with Gasteiger partial charge in [-0.15, -0.1) is 0 Å². The van der Waals surface area contributed by atoms with Crippen LogP contribution in [0.5, 0.6) is 5.19 Å². The fourth-order valence-corrected chi connectivity index (χ4v) is 9.75. The third-order valence-corrected chi connectivity index (χ3v) is 13.2. The smallest absolute Gasteiger partial charge is 0.274 e. The van der Waals surface area contributed by atoms with Crippen molar-refractivity contribution in [1.82, 2.24) is 14.6 Å². The fraction of sp³-hybridized carbons (Fsp3) is 0.514. The summed E-state index contributed by atoms with van der Waals surface area (Å²) in [4.78, 5) is 48.9. The van der Waals surface area contributed by atoms with E-state index >= 15 is 0 Å². The second-order valence-corrected chi connectivity index (χ2v) is 17.1. The molecule has 3 heterocycles. The predicted molar refractivity (Wildman–Crippen MR) is 185 cm³/mol. The number of benzene rings is 2. The van der Waals surface area contributed by atoms with Crippen LogP contribution in [-0.4, -0.2) is 59.8 Å². The lowest BCUT2D eigenvalue weighted by molar-refractivity contribution is -0.142. The molecule has 4 aliphatic rings. The van der Waals surface area contributed by atoms with Gasteiger partial charge in [0.05, 0.1) is 33.5 Å². The second-order valence-electron chi connectivity index (χ2n) is 14.2. The standard InChI is InChI=1S/C37H43N3O6S2/c1-24-10-9-11-25(18-24)19-26-12-5-3-2-4-6-13-27-21-37(27,35(43)39-48(44,45)29-16-17-29)22-32(41)31-20-28(23-40(31)34(26)42)46-36-38-30-14-7-8-15-33(30)47-36/h6-11,13-15,18,26-29,31H,2-5,12,16-17,19-23H2,1H3,(H,39,43)/b13-6-/t26-,27+,28-,31+,37-/m1/s1. The molecule has 3 aromatic rings. The number of hydrogen-bond acceptors (Lipinski definition) is 8. The van der Waals surface area contributed by atoms with Crippen molar-refractivity contribution in [2.24, 2.45) is 17.3 Å². The van der Waals surface area contributed by atoms with Crippen LogP contribution in [0.2, 0.25) is 0 Å². The van der Waals surface area contributed by atoms with Crippen LogP contribution >= 0.6 is 11.3 Å². The second kappa shape index (κ2) is 13.4. The summed E-state index contributed by atoms with van der Waals surface area (Å²) in [6.45, 7) is 2.29. The van der Waals surface area contributed by atoms with Crippen LogP contribution in [0, 0.1) is 24.2 Å². The first-order valence-corrected chi connectivity index (χ1v) is 19.6. The van der Waals surface area contributed by atoms with Crippen LogP contribution in [0.3, 0.4) is 0 Å². The summed E-state index contributed by atoms with van der Waals surface area (Å²) in [7, 11) is -3.78. The lowest BCUT2D eigenvalue weighted by Crippen LogP contribution is -2.46. The first kappa shape index (κ1) is 33.0. The Morgan fingerprint density at radius 3 is 2.71 bits per heavy atom. The highest BCUT2D eigenvalue weighted by molar-refractivity contribution is 7.90. The van der Waals surface area contributed by atoms with Gasteiger partial charge in [-0.2, -0.15) is 0 Å². The summed E-state index contributed by atoms with van der Waals surface area (Å²) >= 11 is 1.43. The van der Waals surface area contributed by atoms with Crippen molar-refractivity contribution in [2.45, 2.75) is 94.9 Å². The largest absolute Gasteiger partial charge is 0.465 e. The van der Waals surface area contributed by atoms with Gasteiger partial charge >= 0.3 is 0 Å². The third-order valence-electron chi connectivity index (χ3n) is 10.4. The van der Waals surface area contributed by atoms with Crippen molar-refractivity contribution < 1.29 is 27.5 Å². The van der Waals surface area contributed by atoms with Crippen molar-refractivity contribution in [3.63, 3.8) is 0 Å². The first-order valence-electron chi connectivity index (χ1n) is 17.2. The predicted octanol–water partition coefficient (Wildman–Crippen LogP) is 5.91. The summed E-state index contributed by atoms with van der Waals surface area (Å²) in [6, 6.07) is 15.2. The van der Waals surface area contributed by atoms with Crippen molar-refractivity contribution in [2.75, 3.05) is 6.54 Å². The quantitative estimate of drug-likeness (QED) is 0.306. The van der Waals surface area contributed by atoms with Gasteiger partial charge in [0.25, 0.3) is 5.19 Å². The van der Waals surface area contributed by atoms with Gasteiger partial charge in [0, 0.05) is 18.8 Å². The number of amides is 2. The van der Waals surface area contributed by atoms with Gasteiger partial charge in [0.1, 0.15) is 6.10 Å². The monoisotopic (exact) mass is 689 g/mol. The van der Waals surface area contributed by atoms with E-state index in [2.05, 4.69) is 27.9 Å². The van der Waals surface area contributed by atoms with E-state index in [0.717, 1.165) is 47.0 Å². The fourth-order valence-electron chi connectivity index (χ4n) is 7.49. The molecule has 9 nitrogen and oxygen atoms in total. The number of fused-ring (bicyclic) bond motifs is 3. The molecule has 5 atom stereocenters. The van der Waals surface area contributed by atoms with Gasteiger partial charge in [-0.1, -0.05) is 78.3 Å². The number of ketones is 1. The molecule has 0 bridgehead atoms. The van der Waals surface area contributed by atoms with E-state index in [9.17, 15) is 22.8 Å². The lowest BCUT2D eigenvalue weighted by Gasteiger charge is -2.29. The normalized spacial score (nSPS) is 29.0. The minimum absolute atomic E-state index is 0.0691. The molecule has 254 valence electrons. The minimum atomic E-state index is -3.78. The SMILES string of the molecule is Cc1cccc(C[C@H]2CCCCC/C=C\[C@H]3C[C@@]3(C(=O)NS(=O)(=O)C3CC3)CC(=O)[C@@H]3C[C@@H](Oc4nc5ccccc5s4)CN3C2=O)c1. The molecule has 2 aliphatic heterocycles. The number of nitrogens with zero attached hydrogens (tertiary/aromatic N) is 2. The first-order chi connectivity index (χ1) is 23.1. The number of ether oxygens (including phenoxy) is 1. The van der Waals surface area contributed by atoms with E-state index in [0.29, 0.717) is 37.3 Å². The van der Waals surface area contributed by atoms with Crippen LogP contribution < -0.4 is 9.46 Å². The number of nitrogens with one attached hydrogen (secondary N) is 1. The Bertz CT molecular complexity index is 1820. The summed E-state index contributed by atoms with van der Waals surface area (Å²) in [5, 5.41) is -0.0501. The number of thiazole rings is 1. The van der Waals surface area contributed by atoms with E-state index in [-0.39, 0.29) is 42.9 Å². The molecule has 11 heteroatoms. The number of hydrogen-bond donors (Lipinski definition) is 1. The number of allylic oxidation sites excluding steroid dienone is 2. The summed E-state index contributed by atoms with van der Waals surface area (Å²) in [5.74, 6) is -1.43. The molecule has 1 aromatic heterocycles. The molecule has 48 heavy (non-hydrogen) atoms. The van der Waals surface area contributed by atoms with Gasteiger partial charge < -0.3 is 9.64 Å². The molecule has 3 fully saturated rings. The molecular weight excluding hydrogens is 647 g/mol. The van der Waals surface area contributed by atoms with E-state index in [4.69, 9.17) is 4.74 Å². The lowest BCUT2D eigenvalue weighted by atomic mass is 9.89. The molecular formula is C37H43N3O6S2. The number of para-hydroxylation sites is 1. The highest BCUT2D eigenvalue weighted by Gasteiger charge is 2.61. The summed E-state index contributed by atoms with van der Waals surface area (Å²) in [6.07, 6.45) is 10.2. The van der Waals surface area contributed by atoms with E-state index in [1.165, 1.54) is 11.3 Å². The molecule has 7 rings (SSSR count). The Morgan fingerprint density at radius 1 is 1.08 bits per heavy atom. The Hall–Kier alpha value is -3.57. The van der Waals surface area contributed by atoms with Crippen molar-refractivity contribution in [1.29, 1.82) is 0 Å². The van der Waals surface area contributed by atoms with Crippen molar-refractivity contribution in [3.8, 4) is 5.19 Å². The summed E-state index contributed by atoms with van der Waals surface area (Å²) < 4.78 is 35.3. The Labute approximate surface area is 286 Å². The highest BCUT2D eigenvalue weighted by Crippen LogP contribution is 2.57. The van der Waals surface area contributed by atoms with Gasteiger partial charge in [0.2, 0.25) is 21.8 Å². The number of carbonyl (C=O) groups is 3. The van der Waals surface area contributed by atoms with Crippen LogP contribution in [0.1, 0.15) is 75.3 Å².